The molecule has 1 aliphatic heterocycles. The second-order valence-corrected chi connectivity index (χ2v) is 3.52. The van der Waals surface area contributed by atoms with Gasteiger partial charge in [-0.05, 0) is 19.3 Å². The lowest BCUT2D eigenvalue weighted by Gasteiger charge is -2.25. The fraction of sp³-hybridized carbons (Fsp3) is 0.800. The summed E-state index contributed by atoms with van der Waals surface area (Å²) in [5, 5.41) is 0. The van der Waals surface area contributed by atoms with Crippen LogP contribution < -0.4 is 0 Å². The maximum Gasteiger partial charge on any atom is 0.169 e. The molecule has 1 aliphatic carbocycles. The van der Waals surface area contributed by atoms with Crippen molar-refractivity contribution in [2.24, 2.45) is 0 Å². The minimum atomic E-state index is -0.278. The highest BCUT2D eigenvalue weighted by Gasteiger charge is 2.45. The molecule has 0 aromatic carbocycles. The van der Waals surface area contributed by atoms with Gasteiger partial charge in [0.1, 0.15) is 6.10 Å². The van der Waals surface area contributed by atoms with Crippen LogP contribution in [-0.2, 0) is 9.47 Å². The Morgan fingerprint density at radius 3 is 2.67 bits per heavy atom. The molecule has 2 rings (SSSR count). The van der Waals surface area contributed by atoms with Crippen LogP contribution in [-0.4, -0.2) is 18.0 Å². The highest BCUT2D eigenvalue weighted by atomic mass is 16.8. The lowest BCUT2D eigenvalue weighted by atomic mass is 10.1. The largest absolute Gasteiger partial charge is 0.343 e. The molecule has 2 atom stereocenters. The fourth-order valence-corrected chi connectivity index (χ4v) is 1.97. The summed E-state index contributed by atoms with van der Waals surface area (Å²) in [4.78, 5) is 0. The molecule has 68 valence electrons. The number of ether oxygens (including phenoxy) is 2. The van der Waals surface area contributed by atoms with Gasteiger partial charge >= 0.3 is 0 Å². The topological polar surface area (TPSA) is 18.5 Å². The molecule has 0 amide bonds. The summed E-state index contributed by atoms with van der Waals surface area (Å²) in [6.07, 6.45) is 7.71. The molecule has 0 aromatic rings. The highest BCUT2D eigenvalue weighted by Crippen LogP contribution is 2.38. The Morgan fingerprint density at radius 1 is 1.33 bits per heavy atom. The molecule has 0 bridgehead atoms. The van der Waals surface area contributed by atoms with Crippen molar-refractivity contribution in [3.8, 4) is 0 Å². The smallest absolute Gasteiger partial charge is 0.169 e. The highest BCUT2D eigenvalue weighted by molar-refractivity contribution is 5.07. The molecule has 1 fully saturated rings. The van der Waals surface area contributed by atoms with E-state index in [-0.39, 0.29) is 11.9 Å². The van der Waals surface area contributed by atoms with Gasteiger partial charge in [0, 0.05) is 0 Å². The zero-order chi connectivity index (χ0) is 8.60. The van der Waals surface area contributed by atoms with Crippen LogP contribution in [0.1, 0.15) is 33.1 Å². The van der Waals surface area contributed by atoms with E-state index in [2.05, 4.69) is 26.0 Å². The van der Waals surface area contributed by atoms with Gasteiger partial charge in [0.15, 0.2) is 5.79 Å². The van der Waals surface area contributed by atoms with Crippen LogP contribution >= 0.6 is 0 Å². The number of hydrogen-bond acceptors (Lipinski definition) is 2. The number of rotatable bonds is 2. The lowest BCUT2D eigenvalue weighted by Crippen LogP contribution is -2.29. The Balaban J connectivity index is 2.09. The van der Waals surface area contributed by atoms with Crippen molar-refractivity contribution >= 4 is 0 Å². The van der Waals surface area contributed by atoms with E-state index in [1.807, 2.05) is 0 Å². The first-order valence-electron chi connectivity index (χ1n) is 4.82. The fourth-order valence-electron chi connectivity index (χ4n) is 1.97. The van der Waals surface area contributed by atoms with Gasteiger partial charge < -0.3 is 9.47 Å². The summed E-state index contributed by atoms with van der Waals surface area (Å²) in [6, 6.07) is 0. The summed E-state index contributed by atoms with van der Waals surface area (Å²) >= 11 is 0. The summed E-state index contributed by atoms with van der Waals surface area (Å²) in [7, 11) is 0. The standard InChI is InChI=1S/C10H16O2/c1-3-10(4-2)11-8-6-5-7-9(8)12-10/h5-6,8-9H,3-4,7H2,1-2H3/t8-,9-/m1/s1. The van der Waals surface area contributed by atoms with Crippen molar-refractivity contribution in [3.63, 3.8) is 0 Å². The molecular weight excluding hydrogens is 152 g/mol. The lowest BCUT2D eigenvalue weighted by molar-refractivity contribution is -0.176. The summed E-state index contributed by atoms with van der Waals surface area (Å²) in [5.41, 5.74) is 0. The second kappa shape index (κ2) is 2.86. The Morgan fingerprint density at radius 2 is 2.08 bits per heavy atom. The van der Waals surface area contributed by atoms with Crippen molar-refractivity contribution < 1.29 is 9.47 Å². The van der Waals surface area contributed by atoms with E-state index in [1.165, 1.54) is 0 Å². The zero-order valence-corrected chi connectivity index (χ0v) is 7.75. The van der Waals surface area contributed by atoms with Crippen molar-refractivity contribution in [1.82, 2.24) is 0 Å². The van der Waals surface area contributed by atoms with Crippen LogP contribution in [0.4, 0.5) is 0 Å². The van der Waals surface area contributed by atoms with Gasteiger partial charge in [0.05, 0.1) is 6.10 Å². The summed E-state index contributed by atoms with van der Waals surface area (Å²) in [6.45, 7) is 4.24. The van der Waals surface area contributed by atoms with Crippen LogP contribution in [0.2, 0.25) is 0 Å². The molecule has 0 N–H and O–H groups in total. The second-order valence-electron chi connectivity index (χ2n) is 3.52. The van der Waals surface area contributed by atoms with Crippen LogP contribution in [0.3, 0.4) is 0 Å². The number of fused-ring (bicyclic) bond motifs is 1. The molecule has 1 saturated heterocycles. The molecule has 0 saturated carbocycles. The van der Waals surface area contributed by atoms with Gasteiger partial charge in [-0.15, -0.1) is 0 Å². The summed E-state index contributed by atoms with van der Waals surface area (Å²) < 4.78 is 11.7. The zero-order valence-electron chi connectivity index (χ0n) is 7.75. The Labute approximate surface area is 73.5 Å². The van der Waals surface area contributed by atoms with Gasteiger partial charge in [-0.25, -0.2) is 0 Å². The molecule has 0 radical (unpaired) electrons. The minimum absolute atomic E-state index is 0.227. The van der Waals surface area contributed by atoms with Crippen molar-refractivity contribution in [1.29, 1.82) is 0 Å². The Kier molecular flexibility index (Phi) is 1.97. The number of hydrogen-bond donors (Lipinski definition) is 0. The third-order valence-corrected chi connectivity index (χ3v) is 2.85. The average molecular weight is 168 g/mol. The van der Waals surface area contributed by atoms with Gasteiger partial charge in [-0.3, -0.25) is 0 Å². The van der Waals surface area contributed by atoms with Crippen molar-refractivity contribution in [2.45, 2.75) is 51.1 Å². The predicted octanol–water partition coefficient (Wildman–Crippen LogP) is 2.25. The van der Waals surface area contributed by atoms with Gasteiger partial charge in [0.25, 0.3) is 0 Å². The quantitative estimate of drug-likeness (QED) is 0.589. The van der Waals surface area contributed by atoms with E-state index in [9.17, 15) is 0 Å². The van der Waals surface area contributed by atoms with Crippen molar-refractivity contribution in [3.05, 3.63) is 12.2 Å². The molecule has 2 heteroatoms. The third-order valence-electron chi connectivity index (χ3n) is 2.85. The van der Waals surface area contributed by atoms with Gasteiger partial charge in [-0.1, -0.05) is 26.0 Å². The predicted molar refractivity (Wildman–Crippen MR) is 46.8 cm³/mol. The van der Waals surface area contributed by atoms with E-state index < -0.39 is 0 Å². The Bertz CT molecular complexity index is 194. The van der Waals surface area contributed by atoms with E-state index >= 15 is 0 Å². The summed E-state index contributed by atoms with van der Waals surface area (Å²) in [5.74, 6) is -0.278. The van der Waals surface area contributed by atoms with Gasteiger partial charge in [0.2, 0.25) is 0 Å². The van der Waals surface area contributed by atoms with Crippen molar-refractivity contribution in [2.75, 3.05) is 0 Å². The Hall–Kier alpha value is -0.340. The first kappa shape index (κ1) is 8.27. The van der Waals surface area contributed by atoms with Crippen LogP contribution in [0.5, 0.6) is 0 Å². The van der Waals surface area contributed by atoms with Crippen LogP contribution in [0.25, 0.3) is 0 Å². The normalized spacial score (nSPS) is 37.2. The monoisotopic (exact) mass is 168 g/mol. The van der Waals surface area contributed by atoms with Crippen LogP contribution in [0, 0.1) is 0 Å². The van der Waals surface area contributed by atoms with Crippen LogP contribution in [0.15, 0.2) is 12.2 Å². The van der Waals surface area contributed by atoms with Gasteiger partial charge in [-0.2, -0.15) is 0 Å². The molecule has 2 aliphatic rings. The first-order valence-corrected chi connectivity index (χ1v) is 4.82. The molecule has 0 spiro atoms. The maximum absolute atomic E-state index is 5.89. The van der Waals surface area contributed by atoms with E-state index in [1.54, 1.807) is 0 Å². The SMILES string of the molecule is CCC1(CC)O[C@@H]2C=CC[C@H]2O1. The average Bonchev–Trinajstić information content (AvgIpc) is 2.61. The molecule has 12 heavy (non-hydrogen) atoms. The molecule has 1 heterocycles. The van der Waals surface area contributed by atoms with E-state index in [0.717, 1.165) is 19.3 Å². The van der Waals surface area contributed by atoms with E-state index in [4.69, 9.17) is 9.47 Å². The molecule has 2 nitrogen and oxygen atoms in total. The third kappa shape index (κ3) is 1.10. The van der Waals surface area contributed by atoms with E-state index in [0.29, 0.717) is 6.10 Å². The molecule has 0 aromatic heterocycles. The minimum Gasteiger partial charge on any atom is -0.343 e. The molecular formula is C10H16O2. The first-order chi connectivity index (χ1) is 5.79. The molecule has 0 unspecified atom stereocenters. The maximum atomic E-state index is 5.89.